The minimum atomic E-state index is -4.56. The first-order chi connectivity index (χ1) is 9.92. The highest BCUT2D eigenvalue weighted by Crippen LogP contribution is 2.32. The van der Waals surface area contributed by atoms with E-state index in [4.69, 9.17) is 10.6 Å². The molecule has 2 atom stereocenters. The summed E-state index contributed by atoms with van der Waals surface area (Å²) in [5.74, 6) is 5.27. The molecule has 1 aromatic heterocycles. The van der Waals surface area contributed by atoms with Crippen LogP contribution in [0.4, 0.5) is 19.1 Å². The summed E-state index contributed by atoms with van der Waals surface area (Å²) in [5, 5.41) is 0. The Labute approximate surface area is 121 Å². The first-order valence-corrected chi connectivity index (χ1v) is 7.02. The maximum atomic E-state index is 12.8. The van der Waals surface area contributed by atoms with E-state index >= 15 is 0 Å². The van der Waals surface area contributed by atoms with Crippen molar-refractivity contribution >= 4 is 5.95 Å². The van der Waals surface area contributed by atoms with Gasteiger partial charge in [-0.2, -0.15) is 18.2 Å². The first-order valence-electron chi connectivity index (χ1n) is 7.02. The number of nitrogen functional groups attached to an aromatic ring is 1. The topological polar surface area (TPSA) is 73.1 Å². The van der Waals surface area contributed by atoms with E-state index in [0.29, 0.717) is 5.92 Å². The molecule has 1 aliphatic rings. The number of alkyl halides is 3. The van der Waals surface area contributed by atoms with Gasteiger partial charge in [0.25, 0.3) is 0 Å². The molecule has 3 N–H and O–H groups in total. The minimum absolute atomic E-state index is 0.0907. The normalized spacial score (nSPS) is 22.9. The molecule has 0 bridgehead atoms. The second-order valence-electron chi connectivity index (χ2n) is 5.24. The zero-order chi connectivity index (χ0) is 15.5. The fraction of sp³-hybridized carbons (Fsp3) is 0.692. The number of nitrogens with zero attached hydrogens (tertiary/aromatic N) is 2. The Bertz CT molecular complexity index is 481. The zero-order valence-electron chi connectivity index (χ0n) is 11.8. The summed E-state index contributed by atoms with van der Waals surface area (Å²) in [4.78, 5) is 7.14. The van der Waals surface area contributed by atoms with E-state index in [1.54, 1.807) is 0 Å². The SMILES string of the molecule is CCC1CCCC(Oc2cc(C(F)(F)F)nc(NN)n2)C1. The van der Waals surface area contributed by atoms with Crippen molar-refractivity contribution in [3.8, 4) is 5.88 Å². The van der Waals surface area contributed by atoms with Crippen LogP contribution < -0.4 is 16.0 Å². The largest absolute Gasteiger partial charge is 0.474 e. The molecular weight excluding hydrogens is 285 g/mol. The number of aromatic nitrogens is 2. The van der Waals surface area contributed by atoms with Crippen molar-refractivity contribution < 1.29 is 17.9 Å². The third kappa shape index (κ3) is 4.20. The Morgan fingerprint density at radius 1 is 1.38 bits per heavy atom. The van der Waals surface area contributed by atoms with E-state index in [9.17, 15) is 13.2 Å². The molecule has 21 heavy (non-hydrogen) atoms. The molecule has 0 aromatic carbocycles. The van der Waals surface area contributed by atoms with Crippen molar-refractivity contribution in [1.82, 2.24) is 9.97 Å². The maximum Gasteiger partial charge on any atom is 0.433 e. The van der Waals surface area contributed by atoms with E-state index in [0.717, 1.165) is 38.2 Å². The minimum Gasteiger partial charge on any atom is -0.474 e. The van der Waals surface area contributed by atoms with Gasteiger partial charge in [0.05, 0.1) is 0 Å². The number of nitrogens with two attached hydrogens (primary N) is 1. The third-order valence-electron chi connectivity index (χ3n) is 3.72. The number of hydrogen-bond acceptors (Lipinski definition) is 5. The molecule has 0 aliphatic heterocycles. The molecule has 0 spiro atoms. The van der Waals surface area contributed by atoms with Crippen molar-refractivity contribution in [1.29, 1.82) is 0 Å². The summed E-state index contributed by atoms with van der Waals surface area (Å²) in [5.41, 5.74) is 0.968. The van der Waals surface area contributed by atoms with Crippen molar-refractivity contribution in [3.05, 3.63) is 11.8 Å². The molecule has 2 unspecified atom stereocenters. The maximum absolute atomic E-state index is 12.8. The van der Waals surface area contributed by atoms with Crippen molar-refractivity contribution in [2.75, 3.05) is 5.43 Å². The summed E-state index contributed by atoms with van der Waals surface area (Å²) in [7, 11) is 0. The second-order valence-corrected chi connectivity index (χ2v) is 5.24. The molecule has 1 aromatic rings. The molecule has 8 heteroatoms. The number of rotatable bonds is 4. The first kappa shape index (κ1) is 15.8. The van der Waals surface area contributed by atoms with E-state index < -0.39 is 11.9 Å². The average Bonchev–Trinajstić information content (AvgIpc) is 2.46. The number of anilines is 1. The predicted molar refractivity (Wildman–Crippen MR) is 71.5 cm³/mol. The van der Waals surface area contributed by atoms with Gasteiger partial charge in [-0.25, -0.2) is 10.8 Å². The Hall–Kier alpha value is -1.57. The van der Waals surface area contributed by atoms with E-state index in [1.807, 2.05) is 5.43 Å². The zero-order valence-corrected chi connectivity index (χ0v) is 11.8. The van der Waals surface area contributed by atoms with Gasteiger partial charge in [-0.05, 0) is 25.2 Å². The smallest absolute Gasteiger partial charge is 0.433 e. The van der Waals surface area contributed by atoms with Gasteiger partial charge >= 0.3 is 6.18 Å². The molecule has 118 valence electrons. The van der Waals surface area contributed by atoms with Crippen LogP contribution in [0.1, 0.15) is 44.7 Å². The Balaban J connectivity index is 2.15. The van der Waals surface area contributed by atoms with Crippen molar-refractivity contribution in [2.45, 2.75) is 51.3 Å². The van der Waals surface area contributed by atoms with Crippen LogP contribution in [0.2, 0.25) is 0 Å². The van der Waals surface area contributed by atoms with Crippen LogP contribution in [0, 0.1) is 5.92 Å². The number of halogens is 3. The van der Waals surface area contributed by atoms with Gasteiger partial charge in [-0.15, -0.1) is 0 Å². The Kier molecular flexibility index (Phi) is 4.87. The summed E-state index contributed by atoms with van der Waals surface area (Å²) in [6.45, 7) is 2.11. The summed E-state index contributed by atoms with van der Waals surface area (Å²) in [6.07, 6.45) is 0.204. The van der Waals surface area contributed by atoms with Crippen LogP contribution in [0.15, 0.2) is 6.07 Å². The fourth-order valence-corrected chi connectivity index (χ4v) is 2.59. The Morgan fingerprint density at radius 2 is 2.14 bits per heavy atom. The monoisotopic (exact) mass is 304 g/mol. The summed E-state index contributed by atoms with van der Waals surface area (Å²) < 4.78 is 43.9. The van der Waals surface area contributed by atoms with Crippen molar-refractivity contribution in [2.24, 2.45) is 11.8 Å². The lowest BCUT2D eigenvalue weighted by atomic mass is 9.85. The molecule has 1 aliphatic carbocycles. The third-order valence-corrected chi connectivity index (χ3v) is 3.72. The molecular formula is C13H19F3N4O. The highest BCUT2D eigenvalue weighted by molar-refractivity contribution is 5.30. The standard InChI is InChI=1S/C13H19F3N4O/c1-2-8-4-3-5-9(6-8)21-11-7-10(13(14,15)16)18-12(19-11)20-17/h7-9H,2-6,17H2,1H3,(H,18,19,20). The quantitative estimate of drug-likeness (QED) is 0.660. The van der Waals surface area contributed by atoms with Gasteiger partial charge in [-0.1, -0.05) is 19.8 Å². The lowest BCUT2D eigenvalue weighted by Crippen LogP contribution is -2.26. The van der Waals surface area contributed by atoms with Crippen LogP contribution in [-0.2, 0) is 6.18 Å². The predicted octanol–water partition coefficient (Wildman–Crippen LogP) is 3.13. The number of hydrogen-bond donors (Lipinski definition) is 2. The van der Waals surface area contributed by atoms with Gasteiger partial charge in [0, 0.05) is 6.07 Å². The highest BCUT2D eigenvalue weighted by Gasteiger charge is 2.34. The number of ether oxygens (including phenoxy) is 1. The molecule has 1 heterocycles. The van der Waals surface area contributed by atoms with Crippen LogP contribution in [0.3, 0.4) is 0 Å². The van der Waals surface area contributed by atoms with Crippen LogP contribution in [0.5, 0.6) is 5.88 Å². The van der Waals surface area contributed by atoms with Gasteiger partial charge < -0.3 is 4.74 Å². The van der Waals surface area contributed by atoms with Gasteiger partial charge in [-0.3, -0.25) is 5.43 Å². The number of nitrogens with one attached hydrogen (secondary N) is 1. The lowest BCUT2D eigenvalue weighted by molar-refractivity contribution is -0.141. The van der Waals surface area contributed by atoms with Gasteiger partial charge in [0.15, 0.2) is 5.69 Å². The van der Waals surface area contributed by atoms with E-state index in [1.165, 1.54) is 0 Å². The van der Waals surface area contributed by atoms with Crippen LogP contribution in [0.25, 0.3) is 0 Å². The second kappa shape index (κ2) is 6.46. The van der Waals surface area contributed by atoms with E-state index in [2.05, 4.69) is 16.9 Å². The number of hydrazine groups is 1. The van der Waals surface area contributed by atoms with Crippen molar-refractivity contribution in [3.63, 3.8) is 0 Å². The molecule has 0 saturated heterocycles. The molecule has 5 nitrogen and oxygen atoms in total. The summed E-state index contributed by atoms with van der Waals surface area (Å²) >= 11 is 0. The molecule has 1 saturated carbocycles. The molecule has 0 amide bonds. The lowest BCUT2D eigenvalue weighted by Gasteiger charge is -2.28. The molecule has 1 fully saturated rings. The average molecular weight is 304 g/mol. The highest BCUT2D eigenvalue weighted by atomic mass is 19.4. The van der Waals surface area contributed by atoms with Crippen LogP contribution in [-0.4, -0.2) is 16.1 Å². The molecule has 2 rings (SSSR count). The van der Waals surface area contributed by atoms with E-state index in [-0.39, 0.29) is 17.9 Å². The van der Waals surface area contributed by atoms with Gasteiger partial charge in [0.1, 0.15) is 6.10 Å². The fourth-order valence-electron chi connectivity index (χ4n) is 2.59. The summed E-state index contributed by atoms with van der Waals surface area (Å²) in [6, 6.07) is 0.816. The van der Waals surface area contributed by atoms with Crippen LogP contribution >= 0.6 is 0 Å². The molecule has 0 radical (unpaired) electrons. The Morgan fingerprint density at radius 3 is 2.76 bits per heavy atom. The van der Waals surface area contributed by atoms with Gasteiger partial charge in [0.2, 0.25) is 11.8 Å².